The summed E-state index contributed by atoms with van der Waals surface area (Å²) >= 11 is 0. The minimum atomic E-state index is -3.88. The van der Waals surface area contributed by atoms with Crippen molar-refractivity contribution in [3.05, 3.63) is 90.0 Å². The highest BCUT2D eigenvalue weighted by molar-refractivity contribution is 7.91. The summed E-state index contributed by atoms with van der Waals surface area (Å²) in [5.74, 6) is 0. The number of rotatable bonds is 8. The lowest BCUT2D eigenvalue weighted by atomic mass is 10.2. The van der Waals surface area contributed by atoms with Crippen LogP contribution in [-0.4, -0.2) is 42.1 Å². The van der Waals surface area contributed by atoms with Crippen molar-refractivity contribution in [2.45, 2.75) is 27.8 Å². The molecule has 0 N–H and O–H groups in total. The van der Waals surface area contributed by atoms with Crippen LogP contribution in [0, 0.1) is 0 Å². The van der Waals surface area contributed by atoms with Crippen LogP contribution in [0.1, 0.15) is 11.1 Å². The molecule has 10 heteroatoms. The lowest BCUT2D eigenvalue weighted by Crippen LogP contribution is -2.30. The molecular weight excluding hydrogens is 470 g/mol. The quantitative estimate of drug-likeness (QED) is 0.478. The van der Waals surface area contributed by atoms with Crippen LogP contribution in [0.2, 0.25) is 0 Å². The van der Waals surface area contributed by atoms with E-state index in [2.05, 4.69) is 0 Å². The summed E-state index contributed by atoms with van der Waals surface area (Å²) in [6.45, 7) is 0.0181. The van der Waals surface area contributed by atoms with E-state index < -0.39 is 29.7 Å². The van der Waals surface area contributed by atoms with Gasteiger partial charge in [0.1, 0.15) is 0 Å². The summed E-state index contributed by atoms with van der Waals surface area (Å²) in [4.78, 5) is 0.422. The molecule has 0 atom stereocenters. The lowest BCUT2D eigenvalue weighted by molar-refractivity contribution is 0.401. The average molecular weight is 494 g/mol. The maximum Gasteiger partial charge on any atom is 0.243 e. The van der Waals surface area contributed by atoms with Crippen molar-refractivity contribution in [1.29, 1.82) is 0 Å². The second-order valence-corrected chi connectivity index (χ2v) is 13.4. The number of nitrogens with zero attached hydrogens (tertiary/aromatic N) is 1. The Morgan fingerprint density at radius 3 is 1.25 bits per heavy atom. The SMILES string of the molecule is CS(=O)(=O)c1ccc(CN(Cc2ccc(S(C)(=O)=O)cc2)S(=O)(=O)c2ccccc2)cc1. The van der Waals surface area contributed by atoms with Gasteiger partial charge in [-0.2, -0.15) is 4.31 Å². The predicted molar refractivity (Wildman–Crippen MR) is 122 cm³/mol. The van der Waals surface area contributed by atoms with Crippen molar-refractivity contribution in [1.82, 2.24) is 4.31 Å². The molecule has 7 nitrogen and oxygen atoms in total. The smallest absolute Gasteiger partial charge is 0.224 e. The van der Waals surface area contributed by atoms with Crippen molar-refractivity contribution < 1.29 is 25.3 Å². The number of sulfone groups is 2. The van der Waals surface area contributed by atoms with Crippen LogP contribution in [0.25, 0.3) is 0 Å². The first-order valence-corrected chi connectivity index (χ1v) is 14.7. The van der Waals surface area contributed by atoms with Crippen molar-refractivity contribution in [2.24, 2.45) is 0 Å². The fraction of sp³-hybridized carbons (Fsp3) is 0.182. The van der Waals surface area contributed by atoms with Gasteiger partial charge in [-0.15, -0.1) is 0 Å². The largest absolute Gasteiger partial charge is 0.243 e. The van der Waals surface area contributed by atoms with Crippen LogP contribution in [0.5, 0.6) is 0 Å². The molecule has 0 fully saturated rings. The molecule has 0 aliphatic carbocycles. The van der Waals surface area contributed by atoms with Gasteiger partial charge < -0.3 is 0 Å². The molecule has 0 aromatic heterocycles. The van der Waals surface area contributed by atoms with Gasteiger partial charge in [0, 0.05) is 25.6 Å². The Morgan fingerprint density at radius 1 is 0.531 bits per heavy atom. The molecule has 0 heterocycles. The Morgan fingerprint density at radius 2 is 0.906 bits per heavy atom. The van der Waals surface area contributed by atoms with Crippen LogP contribution in [0.15, 0.2) is 93.5 Å². The molecule has 0 unspecified atom stereocenters. The third-order valence-electron chi connectivity index (χ3n) is 4.80. The molecule has 0 aliphatic heterocycles. The molecule has 170 valence electrons. The van der Waals surface area contributed by atoms with Gasteiger partial charge in [0.15, 0.2) is 19.7 Å². The first-order chi connectivity index (χ1) is 14.9. The first-order valence-electron chi connectivity index (χ1n) is 9.50. The summed E-state index contributed by atoms with van der Waals surface area (Å²) in [5, 5.41) is 0. The van der Waals surface area contributed by atoms with Gasteiger partial charge in [0.25, 0.3) is 0 Å². The van der Waals surface area contributed by atoms with Gasteiger partial charge in [-0.25, -0.2) is 25.3 Å². The Bertz CT molecular complexity index is 1320. The van der Waals surface area contributed by atoms with Gasteiger partial charge in [-0.1, -0.05) is 42.5 Å². The Labute approximate surface area is 189 Å². The molecule has 0 saturated carbocycles. The summed E-state index contributed by atoms with van der Waals surface area (Å²) in [6, 6.07) is 20.1. The second-order valence-electron chi connectivity index (χ2n) is 7.42. The van der Waals surface area contributed by atoms with Gasteiger partial charge in [-0.3, -0.25) is 0 Å². The Hall–Kier alpha value is -2.53. The topological polar surface area (TPSA) is 106 Å². The Kier molecular flexibility index (Phi) is 6.89. The van der Waals surface area contributed by atoms with Crippen LogP contribution in [0.3, 0.4) is 0 Å². The molecule has 0 spiro atoms. The molecule has 32 heavy (non-hydrogen) atoms. The molecule has 3 aromatic rings. The Balaban J connectivity index is 1.96. The normalized spacial score (nSPS) is 12.7. The summed E-state index contributed by atoms with van der Waals surface area (Å²) in [7, 11) is -10.6. The summed E-state index contributed by atoms with van der Waals surface area (Å²) in [6.07, 6.45) is 2.21. The predicted octanol–water partition coefficient (Wildman–Crippen LogP) is 2.88. The lowest BCUT2D eigenvalue weighted by Gasteiger charge is -2.23. The zero-order valence-corrected chi connectivity index (χ0v) is 20.0. The van der Waals surface area contributed by atoms with E-state index in [1.165, 1.54) is 40.7 Å². The molecule has 0 aliphatic rings. The summed E-state index contributed by atoms with van der Waals surface area (Å²) in [5.41, 5.74) is 1.23. The van der Waals surface area contributed by atoms with Crippen molar-refractivity contribution in [3.8, 4) is 0 Å². The zero-order valence-electron chi connectivity index (χ0n) is 17.5. The maximum atomic E-state index is 13.3. The number of benzene rings is 3. The fourth-order valence-electron chi connectivity index (χ4n) is 3.06. The van der Waals surface area contributed by atoms with Gasteiger partial charge >= 0.3 is 0 Å². The molecule has 0 bridgehead atoms. The average Bonchev–Trinajstić information content (AvgIpc) is 2.73. The third-order valence-corrected chi connectivity index (χ3v) is 8.86. The molecule has 0 saturated heterocycles. The van der Waals surface area contributed by atoms with E-state index in [1.807, 2.05) is 0 Å². The number of hydrogen-bond acceptors (Lipinski definition) is 6. The van der Waals surface area contributed by atoms with E-state index in [-0.39, 0.29) is 27.8 Å². The molecule has 0 radical (unpaired) electrons. The van der Waals surface area contributed by atoms with Crippen molar-refractivity contribution in [2.75, 3.05) is 12.5 Å². The van der Waals surface area contributed by atoms with Crippen molar-refractivity contribution >= 4 is 29.7 Å². The fourth-order valence-corrected chi connectivity index (χ4v) is 5.76. The van der Waals surface area contributed by atoms with E-state index >= 15 is 0 Å². The van der Waals surface area contributed by atoms with Gasteiger partial charge in [-0.05, 0) is 47.5 Å². The van der Waals surface area contributed by atoms with Crippen molar-refractivity contribution in [3.63, 3.8) is 0 Å². The van der Waals surface area contributed by atoms with Gasteiger partial charge in [0.05, 0.1) is 14.7 Å². The second kappa shape index (κ2) is 9.14. The number of hydrogen-bond donors (Lipinski definition) is 0. The van der Waals surface area contributed by atoms with Crippen LogP contribution >= 0.6 is 0 Å². The monoisotopic (exact) mass is 493 g/mol. The van der Waals surface area contributed by atoms with Crippen LogP contribution in [-0.2, 0) is 42.8 Å². The minimum absolute atomic E-state index is 0.00903. The standard InChI is InChI=1S/C22H23NO6S3/c1-30(24,25)20-12-8-18(9-13-20)16-23(32(28,29)22-6-4-3-5-7-22)17-19-10-14-21(15-11-19)31(2,26)27/h3-15H,16-17H2,1-2H3. The van der Waals surface area contributed by atoms with Crippen LogP contribution in [0.4, 0.5) is 0 Å². The highest BCUT2D eigenvalue weighted by Crippen LogP contribution is 2.22. The highest BCUT2D eigenvalue weighted by Gasteiger charge is 2.25. The minimum Gasteiger partial charge on any atom is -0.224 e. The summed E-state index contributed by atoms with van der Waals surface area (Å²) < 4.78 is 74.7. The van der Waals surface area contributed by atoms with E-state index in [4.69, 9.17) is 0 Å². The third kappa shape index (κ3) is 5.83. The molecule has 3 aromatic carbocycles. The van der Waals surface area contributed by atoms with Gasteiger partial charge in [0.2, 0.25) is 10.0 Å². The number of sulfonamides is 1. The van der Waals surface area contributed by atoms with Crippen LogP contribution < -0.4 is 0 Å². The molecule has 3 rings (SSSR count). The maximum absolute atomic E-state index is 13.3. The van der Waals surface area contributed by atoms with E-state index in [0.717, 1.165) is 12.5 Å². The first kappa shape index (κ1) is 24.1. The van der Waals surface area contributed by atoms with E-state index in [0.29, 0.717) is 11.1 Å². The van der Waals surface area contributed by atoms with E-state index in [9.17, 15) is 25.3 Å². The molecular formula is C22H23NO6S3. The highest BCUT2D eigenvalue weighted by atomic mass is 32.2. The zero-order chi connectivity index (χ0) is 23.6. The molecule has 0 amide bonds. The van der Waals surface area contributed by atoms with E-state index in [1.54, 1.807) is 42.5 Å².